The molecule has 0 radical (unpaired) electrons. The molecule has 0 bridgehead atoms. The summed E-state index contributed by atoms with van der Waals surface area (Å²) in [7, 11) is 0. The number of amides is 2. The van der Waals surface area contributed by atoms with E-state index in [0.29, 0.717) is 15.6 Å². The molecule has 12 heteroatoms. The zero-order valence-corrected chi connectivity index (χ0v) is 22.5. The van der Waals surface area contributed by atoms with E-state index < -0.39 is 39.6 Å². The van der Waals surface area contributed by atoms with Crippen LogP contribution in [0.3, 0.4) is 0 Å². The van der Waals surface area contributed by atoms with Crippen LogP contribution in [0.5, 0.6) is 0 Å². The van der Waals surface area contributed by atoms with Crippen molar-refractivity contribution in [2.24, 2.45) is 5.92 Å². The summed E-state index contributed by atoms with van der Waals surface area (Å²) in [5.74, 6) is -4.79. The van der Waals surface area contributed by atoms with Gasteiger partial charge in [-0.25, -0.2) is 8.78 Å². The van der Waals surface area contributed by atoms with Crippen LogP contribution < -0.4 is 10.6 Å². The maximum absolute atomic E-state index is 13.7. The molecule has 4 rings (SSSR count). The van der Waals surface area contributed by atoms with Gasteiger partial charge < -0.3 is 10.6 Å². The summed E-state index contributed by atoms with van der Waals surface area (Å²) in [6.07, 6.45) is 0. The van der Waals surface area contributed by atoms with Gasteiger partial charge >= 0.3 is 0 Å². The zero-order chi connectivity index (χ0) is 25.7. The molecule has 1 aliphatic carbocycles. The third-order valence-corrected chi connectivity index (χ3v) is 7.58. The lowest BCUT2D eigenvalue weighted by atomic mass is 10.1. The van der Waals surface area contributed by atoms with Gasteiger partial charge in [-0.3, -0.25) is 9.59 Å². The highest BCUT2D eigenvalue weighted by atomic mass is 79.9. The molecule has 1 fully saturated rings. The Labute approximate surface area is 232 Å². The molecule has 0 spiro atoms. The fourth-order valence-electron chi connectivity index (χ4n) is 3.65. The molecular weight excluding hydrogens is 631 g/mol. The Morgan fingerprint density at radius 2 is 1.54 bits per heavy atom. The molecule has 2 atom stereocenters. The normalized spacial score (nSPS) is 18.2. The highest BCUT2D eigenvalue weighted by molar-refractivity contribution is 9.10. The predicted molar refractivity (Wildman–Crippen MR) is 139 cm³/mol. The van der Waals surface area contributed by atoms with Crippen molar-refractivity contribution in [3.05, 3.63) is 90.8 Å². The first-order chi connectivity index (χ1) is 16.4. The molecule has 1 aliphatic rings. The summed E-state index contributed by atoms with van der Waals surface area (Å²) in [6.45, 7) is 0. The highest BCUT2D eigenvalue weighted by Crippen LogP contribution is 2.65. The lowest BCUT2D eigenvalue weighted by Gasteiger charge is -2.11. The van der Waals surface area contributed by atoms with E-state index in [0.717, 1.165) is 6.07 Å². The Morgan fingerprint density at radius 1 is 0.886 bits per heavy atom. The van der Waals surface area contributed by atoms with Crippen LogP contribution in [0, 0.1) is 17.6 Å². The van der Waals surface area contributed by atoms with Crippen molar-refractivity contribution in [1.82, 2.24) is 0 Å². The number of alkyl halides is 2. The van der Waals surface area contributed by atoms with Gasteiger partial charge in [-0.2, -0.15) is 0 Å². The number of carbonyl (C=O) groups is 2. The molecule has 0 heterocycles. The molecule has 3 aromatic rings. The van der Waals surface area contributed by atoms with Crippen LogP contribution in [0.2, 0.25) is 15.1 Å². The van der Waals surface area contributed by atoms with E-state index >= 15 is 0 Å². The Hall–Kier alpha value is -1.61. The van der Waals surface area contributed by atoms with Crippen LogP contribution in [0.4, 0.5) is 20.2 Å². The van der Waals surface area contributed by atoms with Crippen molar-refractivity contribution in [3.63, 3.8) is 0 Å². The molecule has 3 aromatic carbocycles. The summed E-state index contributed by atoms with van der Waals surface area (Å²) in [5.41, 5.74) is 0.847. The quantitative estimate of drug-likeness (QED) is 0.217. The average molecular weight is 644 g/mol. The third-order valence-electron chi connectivity index (χ3n) is 5.30. The molecule has 0 saturated heterocycles. The standard InChI is InChI=1S/C23H12BrCl5F2N2O2/c24-15-7-13(8-17(30)20(15)31)33-21(34)14-6-12(1-2-16(14)27)32-22(35)19-18(23(19,28)29)9-3-10(25)5-11(26)4-9/h1-8,18-19H,(H,32,35)(H,33,34)/t18-,19+/m0/s1. The number of nitrogens with one attached hydrogen (secondary N) is 2. The van der Waals surface area contributed by atoms with Crippen molar-refractivity contribution in [3.8, 4) is 0 Å². The second kappa shape index (κ2) is 10.0. The summed E-state index contributed by atoms with van der Waals surface area (Å²) in [6, 6.07) is 11.1. The van der Waals surface area contributed by atoms with Crippen LogP contribution in [-0.4, -0.2) is 16.1 Å². The summed E-state index contributed by atoms with van der Waals surface area (Å²) in [4.78, 5) is 25.7. The van der Waals surface area contributed by atoms with Gasteiger partial charge in [0, 0.05) is 33.4 Å². The van der Waals surface area contributed by atoms with E-state index in [-0.39, 0.29) is 26.4 Å². The monoisotopic (exact) mass is 640 g/mol. The van der Waals surface area contributed by atoms with Crippen molar-refractivity contribution in [2.75, 3.05) is 10.6 Å². The van der Waals surface area contributed by atoms with Gasteiger partial charge in [-0.1, -0.05) is 34.8 Å². The minimum absolute atomic E-state index is 0.00125. The van der Waals surface area contributed by atoms with Crippen molar-refractivity contribution in [2.45, 2.75) is 10.3 Å². The summed E-state index contributed by atoms with van der Waals surface area (Å²) >= 11 is 33.9. The maximum Gasteiger partial charge on any atom is 0.257 e. The lowest BCUT2D eigenvalue weighted by Crippen LogP contribution is -2.18. The van der Waals surface area contributed by atoms with Crippen LogP contribution >= 0.6 is 73.9 Å². The first-order valence-electron chi connectivity index (χ1n) is 9.78. The fraction of sp³-hybridized carbons (Fsp3) is 0.130. The van der Waals surface area contributed by atoms with Gasteiger partial charge in [-0.15, -0.1) is 23.2 Å². The van der Waals surface area contributed by atoms with Gasteiger partial charge in [0.25, 0.3) is 5.91 Å². The number of anilines is 2. The molecule has 2 N–H and O–H groups in total. The number of hydrogen-bond donors (Lipinski definition) is 2. The Bertz CT molecular complexity index is 1330. The van der Waals surface area contributed by atoms with E-state index in [1.54, 1.807) is 18.2 Å². The number of carbonyl (C=O) groups excluding carboxylic acids is 2. The van der Waals surface area contributed by atoms with E-state index in [9.17, 15) is 18.4 Å². The van der Waals surface area contributed by atoms with E-state index in [2.05, 4.69) is 26.6 Å². The molecule has 2 amide bonds. The number of rotatable bonds is 5. The maximum atomic E-state index is 13.7. The molecule has 35 heavy (non-hydrogen) atoms. The summed E-state index contributed by atoms with van der Waals surface area (Å²) in [5, 5.41) is 5.94. The highest BCUT2D eigenvalue weighted by Gasteiger charge is 2.67. The second-order valence-electron chi connectivity index (χ2n) is 7.72. The van der Waals surface area contributed by atoms with Gasteiger partial charge in [0.1, 0.15) is 4.33 Å². The van der Waals surface area contributed by atoms with Crippen molar-refractivity contribution < 1.29 is 18.4 Å². The Kier molecular flexibility index (Phi) is 7.59. The lowest BCUT2D eigenvalue weighted by molar-refractivity contribution is -0.117. The van der Waals surface area contributed by atoms with Gasteiger partial charge in [0.05, 0.1) is 21.0 Å². The van der Waals surface area contributed by atoms with E-state index in [1.165, 1.54) is 24.3 Å². The molecule has 0 unspecified atom stereocenters. The van der Waals surface area contributed by atoms with Crippen molar-refractivity contribution in [1.29, 1.82) is 0 Å². The topological polar surface area (TPSA) is 58.2 Å². The summed E-state index contributed by atoms with van der Waals surface area (Å²) < 4.78 is 25.6. The average Bonchev–Trinajstić information content (AvgIpc) is 3.34. The van der Waals surface area contributed by atoms with Gasteiger partial charge in [0.15, 0.2) is 11.6 Å². The molecular formula is C23H12BrCl5F2N2O2. The van der Waals surface area contributed by atoms with Crippen molar-refractivity contribution >= 4 is 97.1 Å². The molecule has 182 valence electrons. The smallest absolute Gasteiger partial charge is 0.257 e. The van der Waals surface area contributed by atoms with E-state index in [1.807, 2.05) is 0 Å². The molecule has 4 nitrogen and oxygen atoms in total. The number of benzene rings is 3. The predicted octanol–water partition coefficient (Wildman–Crippen LogP) is 8.47. The van der Waals surface area contributed by atoms with Crippen LogP contribution in [0.1, 0.15) is 21.8 Å². The number of halogens is 8. The van der Waals surface area contributed by atoms with Gasteiger partial charge in [-0.05, 0) is 64.0 Å². The minimum atomic E-state index is -1.38. The minimum Gasteiger partial charge on any atom is -0.326 e. The zero-order valence-electron chi connectivity index (χ0n) is 17.1. The fourth-order valence-corrected chi connectivity index (χ4v) is 5.66. The first-order valence-corrected chi connectivity index (χ1v) is 12.5. The Morgan fingerprint density at radius 3 is 2.17 bits per heavy atom. The van der Waals surface area contributed by atoms with Crippen LogP contribution in [-0.2, 0) is 4.79 Å². The molecule has 1 saturated carbocycles. The van der Waals surface area contributed by atoms with Crippen LogP contribution in [0.25, 0.3) is 0 Å². The first kappa shape index (κ1) is 26.5. The van der Waals surface area contributed by atoms with E-state index in [4.69, 9.17) is 58.0 Å². The number of hydrogen-bond acceptors (Lipinski definition) is 2. The van der Waals surface area contributed by atoms with Crippen LogP contribution in [0.15, 0.2) is 53.0 Å². The van der Waals surface area contributed by atoms with Gasteiger partial charge in [0.2, 0.25) is 5.91 Å². The largest absolute Gasteiger partial charge is 0.326 e. The Balaban J connectivity index is 1.52. The second-order valence-corrected chi connectivity index (χ2v) is 11.3. The third kappa shape index (κ3) is 5.55. The molecule has 0 aliphatic heterocycles. The molecule has 0 aromatic heterocycles. The SMILES string of the molecule is O=C(Nc1cc(F)c(F)c(Br)c1)c1cc(NC(=O)[C@H]2[C@H](c3cc(Cl)cc(Cl)c3)C2(Cl)Cl)ccc1Cl.